The van der Waals surface area contributed by atoms with Crippen molar-refractivity contribution in [2.24, 2.45) is 0 Å². The second-order valence-corrected chi connectivity index (χ2v) is 5.97. The first kappa shape index (κ1) is 13.3. The number of amides is 1. The molecule has 0 aromatic carbocycles. The lowest BCUT2D eigenvalue weighted by Gasteiger charge is -2.32. The Morgan fingerprint density at radius 1 is 1.55 bits per heavy atom. The van der Waals surface area contributed by atoms with Gasteiger partial charge in [0.05, 0.1) is 10.9 Å². The summed E-state index contributed by atoms with van der Waals surface area (Å²) in [6.07, 6.45) is 6.27. The average Bonchev–Trinajstić information content (AvgIpc) is 3.17. The Balaban J connectivity index is 1.75. The number of rotatable bonds is 3. The van der Waals surface area contributed by atoms with Crippen LogP contribution in [-0.4, -0.2) is 38.7 Å². The number of piperidine rings is 1. The zero-order valence-electron chi connectivity index (χ0n) is 11.5. The van der Waals surface area contributed by atoms with Gasteiger partial charge in [-0.2, -0.15) is 5.10 Å². The van der Waals surface area contributed by atoms with Gasteiger partial charge in [0.25, 0.3) is 5.91 Å². The fourth-order valence-electron chi connectivity index (χ4n) is 2.71. The minimum absolute atomic E-state index is 0.168. The molecule has 1 atom stereocenters. The summed E-state index contributed by atoms with van der Waals surface area (Å²) < 4.78 is 1.87. The predicted molar refractivity (Wildman–Crippen MR) is 77.9 cm³/mol. The summed E-state index contributed by atoms with van der Waals surface area (Å²) in [7, 11) is 0. The number of aryl methyl sites for hydroxylation is 1. The van der Waals surface area contributed by atoms with E-state index in [1.54, 1.807) is 24.0 Å². The Kier molecular flexibility index (Phi) is 3.82. The molecule has 6 heteroatoms. The van der Waals surface area contributed by atoms with E-state index in [0.717, 1.165) is 42.8 Å². The Hall–Kier alpha value is -1.69. The number of hydrogen-bond acceptors (Lipinski definition) is 4. The minimum Gasteiger partial charge on any atom is -0.336 e. The fraction of sp³-hybridized carbons (Fsp3) is 0.500. The average molecular weight is 290 g/mol. The number of hydrogen-bond donors (Lipinski definition) is 0. The third kappa shape index (κ3) is 2.47. The normalized spacial score (nSPS) is 19.2. The number of aromatic nitrogens is 3. The summed E-state index contributed by atoms with van der Waals surface area (Å²) in [5.74, 6) is 0.168. The maximum atomic E-state index is 12.6. The second kappa shape index (κ2) is 5.75. The Labute approximate surface area is 122 Å². The first-order valence-electron chi connectivity index (χ1n) is 6.99. The van der Waals surface area contributed by atoms with Gasteiger partial charge < -0.3 is 4.90 Å². The molecule has 0 radical (unpaired) electrons. The maximum Gasteiger partial charge on any atom is 0.264 e. The fourth-order valence-corrected chi connectivity index (χ4v) is 3.67. The maximum absolute atomic E-state index is 12.6. The molecule has 0 unspecified atom stereocenters. The van der Waals surface area contributed by atoms with Crippen LogP contribution >= 0.6 is 11.3 Å². The third-order valence-corrected chi connectivity index (χ3v) is 4.76. The lowest BCUT2D eigenvalue weighted by Crippen LogP contribution is -2.40. The van der Waals surface area contributed by atoms with Crippen LogP contribution in [0.5, 0.6) is 0 Å². The van der Waals surface area contributed by atoms with Gasteiger partial charge in [0.2, 0.25) is 0 Å². The molecule has 1 aliphatic rings. The Morgan fingerprint density at radius 2 is 2.45 bits per heavy atom. The van der Waals surface area contributed by atoms with Crippen LogP contribution in [0.25, 0.3) is 0 Å². The number of thiophene rings is 1. The van der Waals surface area contributed by atoms with Gasteiger partial charge in [-0.1, -0.05) is 6.92 Å². The molecule has 1 amide bonds. The van der Waals surface area contributed by atoms with E-state index in [9.17, 15) is 4.79 Å². The van der Waals surface area contributed by atoms with Crippen molar-refractivity contribution >= 4 is 17.2 Å². The summed E-state index contributed by atoms with van der Waals surface area (Å²) in [4.78, 5) is 19.5. The van der Waals surface area contributed by atoms with Crippen molar-refractivity contribution in [3.8, 4) is 0 Å². The van der Waals surface area contributed by atoms with E-state index >= 15 is 0 Å². The number of carbonyl (C=O) groups excluding carboxylic acids is 1. The SMILES string of the molecule is CCc1ccsc1C(=O)N1CCC[C@H](n2cncn2)C1. The number of likely N-dealkylation sites (tertiary alicyclic amines) is 1. The van der Waals surface area contributed by atoms with Gasteiger partial charge in [-0.25, -0.2) is 9.67 Å². The highest BCUT2D eigenvalue weighted by Gasteiger charge is 2.27. The van der Waals surface area contributed by atoms with Crippen LogP contribution in [-0.2, 0) is 6.42 Å². The van der Waals surface area contributed by atoms with Crippen molar-refractivity contribution in [1.29, 1.82) is 0 Å². The molecule has 0 bridgehead atoms. The molecule has 20 heavy (non-hydrogen) atoms. The summed E-state index contributed by atoms with van der Waals surface area (Å²) in [6.45, 7) is 3.65. The summed E-state index contributed by atoms with van der Waals surface area (Å²) in [5.41, 5.74) is 1.16. The molecule has 3 heterocycles. The van der Waals surface area contributed by atoms with E-state index in [1.807, 2.05) is 15.0 Å². The van der Waals surface area contributed by atoms with Gasteiger partial charge in [-0.3, -0.25) is 4.79 Å². The molecule has 2 aromatic heterocycles. The van der Waals surface area contributed by atoms with E-state index < -0.39 is 0 Å². The Morgan fingerprint density at radius 3 is 3.20 bits per heavy atom. The van der Waals surface area contributed by atoms with Gasteiger partial charge in [-0.15, -0.1) is 11.3 Å². The molecular weight excluding hydrogens is 272 g/mol. The van der Waals surface area contributed by atoms with Gasteiger partial charge in [0.1, 0.15) is 12.7 Å². The molecular formula is C14H18N4OS. The molecule has 1 fully saturated rings. The first-order chi connectivity index (χ1) is 9.79. The second-order valence-electron chi connectivity index (χ2n) is 5.05. The van der Waals surface area contributed by atoms with Crippen LogP contribution in [0.15, 0.2) is 24.1 Å². The van der Waals surface area contributed by atoms with Gasteiger partial charge in [-0.05, 0) is 36.3 Å². The van der Waals surface area contributed by atoms with Crippen molar-refractivity contribution in [3.63, 3.8) is 0 Å². The quantitative estimate of drug-likeness (QED) is 0.872. The predicted octanol–water partition coefficient (Wildman–Crippen LogP) is 2.38. The molecule has 0 saturated carbocycles. The van der Waals surface area contributed by atoms with Crippen LogP contribution in [0.1, 0.15) is 41.0 Å². The molecule has 0 aliphatic carbocycles. The topological polar surface area (TPSA) is 51.0 Å². The van der Waals surface area contributed by atoms with Crippen molar-refractivity contribution < 1.29 is 4.79 Å². The largest absolute Gasteiger partial charge is 0.336 e. The zero-order chi connectivity index (χ0) is 13.9. The molecule has 5 nitrogen and oxygen atoms in total. The van der Waals surface area contributed by atoms with Crippen LogP contribution in [0.4, 0.5) is 0 Å². The van der Waals surface area contributed by atoms with Gasteiger partial charge >= 0.3 is 0 Å². The molecule has 106 valence electrons. The summed E-state index contributed by atoms with van der Waals surface area (Å²) >= 11 is 1.55. The first-order valence-corrected chi connectivity index (χ1v) is 7.87. The highest BCUT2D eigenvalue weighted by atomic mass is 32.1. The van der Waals surface area contributed by atoms with E-state index in [0.29, 0.717) is 0 Å². The monoisotopic (exact) mass is 290 g/mol. The number of carbonyl (C=O) groups is 1. The molecule has 2 aromatic rings. The minimum atomic E-state index is 0.168. The van der Waals surface area contributed by atoms with Crippen LogP contribution in [0.2, 0.25) is 0 Å². The van der Waals surface area contributed by atoms with Crippen LogP contribution in [0, 0.1) is 0 Å². The zero-order valence-corrected chi connectivity index (χ0v) is 12.3. The smallest absolute Gasteiger partial charge is 0.264 e. The van der Waals surface area contributed by atoms with Crippen molar-refractivity contribution in [3.05, 3.63) is 34.5 Å². The van der Waals surface area contributed by atoms with Gasteiger partial charge in [0.15, 0.2) is 0 Å². The molecule has 1 saturated heterocycles. The van der Waals surface area contributed by atoms with E-state index in [-0.39, 0.29) is 11.9 Å². The van der Waals surface area contributed by atoms with E-state index in [1.165, 1.54) is 0 Å². The van der Waals surface area contributed by atoms with E-state index in [4.69, 9.17) is 0 Å². The standard InChI is InChI=1S/C14H18N4OS/c1-2-11-5-7-20-13(11)14(19)17-6-3-4-12(8-17)18-10-15-9-16-18/h5,7,9-10,12H,2-4,6,8H2,1H3/t12-/m0/s1. The molecule has 0 spiro atoms. The van der Waals surface area contributed by atoms with Crippen LogP contribution in [0.3, 0.4) is 0 Å². The third-order valence-electron chi connectivity index (χ3n) is 3.82. The number of nitrogens with zero attached hydrogens (tertiary/aromatic N) is 4. The summed E-state index contributed by atoms with van der Waals surface area (Å²) in [6, 6.07) is 2.30. The van der Waals surface area contributed by atoms with Crippen molar-refractivity contribution in [2.45, 2.75) is 32.2 Å². The lowest BCUT2D eigenvalue weighted by molar-refractivity contribution is 0.0676. The summed E-state index contributed by atoms with van der Waals surface area (Å²) in [5, 5.41) is 6.21. The molecule has 1 aliphatic heterocycles. The molecule has 0 N–H and O–H groups in total. The van der Waals surface area contributed by atoms with Crippen molar-refractivity contribution in [1.82, 2.24) is 19.7 Å². The molecule has 3 rings (SSSR count). The lowest BCUT2D eigenvalue weighted by atomic mass is 10.1. The highest BCUT2D eigenvalue weighted by molar-refractivity contribution is 7.12. The van der Waals surface area contributed by atoms with E-state index in [2.05, 4.69) is 23.1 Å². The van der Waals surface area contributed by atoms with Gasteiger partial charge in [0, 0.05) is 13.1 Å². The van der Waals surface area contributed by atoms with Crippen LogP contribution < -0.4 is 0 Å². The van der Waals surface area contributed by atoms with Crippen molar-refractivity contribution in [2.75, 3.05) is 13.1 Å². The highest BCUT2D eigenvalue weighted by Crippen LogP contribution is 2.25. The Bertz CT molecular complexity index is 578.